The predicted octanol–water partition coefficient (Wildman–Crippen LogP) is 3.17. The zero-order chi connectivity index (χ0) is 14.7. The highest BCUT2D eigenvalue weighted by Gasteiger charge is 2.07. The Balaban J connectivity index is -0.0000000735. The van der Waals surface area contributed by atoms with Crippen molar-refractivity contribution < 1.29 is 29.3 Å². The van der Waals surface area contributed by atoms with Gasteiger partial charge in [0.2, 0.25) is 0 Å². The van der Waals surface area contributed by atoms with E-state index in [1.165, 1.54) is 0 Å². The Morgan fingerprint density at radius 1 is 0.941 bits per heavy atom. The maximum Gasteiger partial charge on any atom is 0.508 e. The highest BCUT2D eigenvalue weighted by molar-refractivity contribution is 5.60. The van der Waals surface area contributed by atoms with Crippen molar-refractivity contribution in [3.63, 3.8) is 0 Å². The van der Waals surface area contributed by atoms with Crippen LogP contribution in [0.15, 0.2) is 39.5 Å². The Bertz CT molecular complexity index is 164. The predicted molar refractivity (Wildman–Crippen MR) is 66.3 cm³/mol. The van der Waals surface area contributed by atoms with E-state index in [1.54, 1.807) is 0 Å². The van der Waals surface area contributed by atoms with E-state index in [1.807, 2.05) is 0 Å². The molecule has 1 rings (SSSR count). The molecular weight excluding hydrogens is 228 g/mol. The van der Waals surface area contributed by atoms with Crippen LogP contribution in [0.2, 0.25) is 0 Å². The molecule has 1 aliphatic rings. The third-order valence-corrected chi connectivity index (χ3v) is 0.729. The quantitative estimate of drug-likeness (QED) is 0.505. The first-order chi connectivity index (χ1) is 8.13. The van der Waals surface area contributed by atoms with Crippen LogP contribution < -0.4 is 0 Å². The van der Waals surface area contributed by atoms with Gasteiger partial charge in [0.25, 0.3) is 0 Å². The molecule has 0 spiro atoms. The van der Waals surface area contributed by atoms with Gasteiger partial charge in [-0.15, -0.1) is 39.5 Å². The lowest BCUT2D eigenvalue weighted by Gasteiger charge is -2.09. The van der Waals surface area contributed by atoms with Crippen LogP contribution in [0.1, 0.15) is 6.42 Å². The lowest BCUT2D eigenvalue weighted by molar-refractivity contribution is 0.0192. The van der Waals surface area contributed by atoms with Gasteiger partial charge < -0.3 is 19.7 Å². The van der Waals surface area contributed by atoms with Crippen molar-refractivity contribution in [2.45, 2.75) is 6.42 Å². The average Bonchev–Trinajstić information content (AvgIpc) is 2.37. The molecule has 1 heterocycles. The van der Waals surface area contributed by atoms with E-state index in [2.05, 4.69) is 48.9 Å². The molecule has 0 bridgehead atoms. The highest BCUT2D eigenvalue weighted by Crippen LogP contribution is 1.95. The minimum Gasteiger partial charge on any atom is -0.450 e. The molecule has 0 aliphatic carbocycles. The van der Waals surface area contributed by atoms with E-state index in [9.17, 15) is 4.79 Å². The van der Waals surface area contributed by atoms with Gasteiger partial charge in [-0.25, -0.2) is 9.59 Å². The summed E-state index contributed by atoms with van der Waals surface area (Å²) in [4.78, 5) is 18.6. The van der Waals surface area contributed by atoms with Crippen LogP contribution in [0, 0.1) is 0 Å². The molecule has 0 saturated carbocycles. The number of rotatable bonds is 0. The third kappa shape index (κ3) is 57.4. The van der Waals surface area contributed by atoms with Gasteiger partial charge in [0.15, 0.2) is 0 Å². The van der Waals surface area contributed by atoms with E-state index in [4.69, 9.17) is 15.0 Å². The molecule has 0 atom stereocenters. The van der Waals surface area contributed by atoms with E-state index in [0.717, 1.165) is 6.42 Å². The van der Waals surface area contributed by atoms with Crippen LogP contribution in [0.4, 0.5) is 9.59 Å². The fourth-order valence-electron chi connectivity index (χ4n) is 0.412. The van der Waals surface area contributed by atoms with Gasteiger partial charge in [-0.05, 0) is 0 Å². The highest BCUT2D eigenvalue weighted by atomic mass is 16.7. The van der Waals surface area contributed by atoms with Crippen LogP contribution in [0.3, 0.4) is 0 Å². The molecule has 0 amide bonds. The molecule has 100 valence electrons. The second kappa shape index (κ2) is 29.2. The molecule has 0 radical (unpaired) electrons. The topological polar surface area (TPSA) is 93.1 Å². The fraction of sp³-hybridized carbons (Fsp3) is 0.273. The Hall–Kier alpha value is -2.24. The second-order valence-electron chi connectivity index (χ2n) is 1.58. The summed E-state index contributed by atoms with van der Waals surface area (Å²) in [6, 6.07) is 0. The molecule has 1 saturated heterocycles. The van der Waals surface area contributed by atoms with Crippen LogP contribution in [0.5, 0.6) is 0 Å². The molecule has 0 aromatic heterocycles. The monoisotopic (exact) mass is 248 g/mol. The smallest absolute Gasteiger partial charge is 0.450 e. The van der Waals surface area contributed by atoms with E-state index in [-0.39, 0.29) is 0 Å². The summed E-state index contributed by atoms with van der Waals surface area (Å²) in [6.07, 6.45) is -1.54. The standard InChI is InChI=1S/C4H6O3.3C2H4.CH2O3/c5-4-6-2-1-3-7-4;3*1-2;2-1(3)4/h1-3H2;3*1-2H2;(H2,2,3,4). The Kier molecular flexibility index (Phi) is 41.5. The number of hydrogen-bond acceptors (Lipinski definition) is 4. The number of carbonyl (C=O) groups is 2. The SMILES string of the molecule is C=C.C=C.C=C.O=C(O)O.O=C1OCCCO1. The largest absolute Gasteiger partial charge is 0.508 e. The van der Waals surface area contributed by atoms with Gasteiger partial charge in [0.1, 0.15) is 0 Å². The molecule has 0 aromatic carbocycles. The normalized spacial score (nSPS) is 10.5. The molecule has 2 N–H and O–H groups in total. The number of cyclic esters (lactones) is 2. The van der Waals surface area contributed by atoms with E-state index < -0.39 is 12.3 Å². The molecule has 1 fully saturated rings. The molecule has 0 aromatic rings. The molecule has 0 unspecified atom stereocenters. The minimum absolute atomic E-state index is 0.513. The molecule has 17 heavy (non-hydrogen) atoms. The van der Waals surface area contributed by atoms with Crippen molar-refractivity contribution in [2.75, 3.05) is 13.2 Å². The van der Waals surface area contributed by atoms with Crippen molar-refractivity contribution in [3.8, 4) is 0 Å². The Morgan fingerprint density at radius 2 is 1.18 bits per heavy atom. The lowest BCUT2D eigenvalue weighted by atomic mass is 10.5. The number of ether oxygens (including phenoxy) is 2. The van der Waals surface area contributed by atoms with Gasteiger partial charge in [-0.1, -0.05) is 0 Å². The van der Waals surface area contributed by atoms with Crippen LogP contribution in [-0.2, 0) is 9.47 Å². The van der Waals surface area contributed by atoms with Crippen LogP contribution >= 0.6 is 0 Å². The van der Waals surface area contributed by atoms with E-state index in [0.29, 0.717) is 13.2 Å². The maximum atomic E-state index is 10.0. The summed E-state index contributed by atoms with van der Waals surface area (Å²) in [7, 11) is 0. The van der Waals surface area contributed by atoms with Crippen LogP contribution in [0.25, 0.3) is 0 Å². The first-order valence-electron chi connectivity index (χ1n) is 4.34. The van der Waals surface area contributed by atoms with Crippen molar-refractivity contribution in [3.05, 3.63) is 39.5 Å². The van der Waals surface area contributed by atoms with Gasteiger partial charge in [0, 0.05) is 6.42 Å². The molecule has 6 heteroatoms. The summed E-state index contributed by atoms with van der Waals surface area (Å²) >= 11 is 0. The fourth-order valence-corrected chi connectivity index (χ4v) is 0.412. The summed E-state index contributed by atoms with van der Waals surface area (Å²) in [5.74, 6) is 0. The third-order valence-electron chi connectivity index (χ3n) is 0.729. The van der Waals surface area contributed by atoms with Gasteiger partial charge in [-0.3, -0.25) is 0 Å². The summed E-state index contributed by atoms with van der Waals surface area (Å²) in [6.45, 7) is 19.0. The second-order valence-corrected chi connectivity index (χ2v) is 1.58. The lowest BCUT2D eigenvalue weighted by Crippen LogP contribution is -2.16. The maximum absolute atomic E-state index is 10.0. The van der Waals surface area contributed by atoms with Crippen molar-refractivity contribution in [1.82, 2.24) is 0 Å². The zero-order valence-corrected chi connectivity index (χ0v) is 9.89. The molecule has 6 nitrogen and oxygen atoms in total. The van der Waals surface area contributed by atoms with Gasteiger partial charge in [-0.2, -0.15) is 0 Å². The number of hydrogen-bond donors (Lipinski definition) is 2. The van der Waals surface area contributed by atoms with E-state index >= 15 is 0 Å². The summed E-state index contributed by atoms with van der Waals surface area (Å²) < 4.78 is 8.83. The van der Waals surface area contributed by atoms with Gasteiger partial charge in [0.05, 0.1) is 13.2 Å². The summed E-state index contributed by atoms with van der Waals surface area (Å²) in [5.41, 5.74) is 0. The average molecular weight is 248 g/mol. The first kappa shape index (κ1) is 24.1. The zero-order valence-electron chi connectivity index (χ0n) is 9.89. The summed E-state index contributed by atoms with van der Waals surface area (Å²) in [5, 5.41) is 13.9. The van der Waals surface area contributed by atoms with Gasteiger partial charge >= 0.3 is 12.3 Å². The Morgan fingerprint density at radius 3 is 1.29 bits per heavy atom. The molecular formula is C11H20O6. The van der Waals surface area contributed by atoms with Crippen molar-refractivity contribution in [2.24, 2.45) is 0 Å². The number of carboxylic acid groups (broad SMARTS) is 2. The first-order valence-corrected chi connectivity index (χ1v) is 4.34. The minimum atomic E-state index is -1.83. The Labute approximate surface area is 101 Å². The van der Waals surface area contributed by atoms with Crippen LogP contribution in [-0.4, -0.2) is 35.7 Å². The molecule has 1 aliphatic heterocycles. The number of carbonyl (C=O) groups excluding carboxylic acids is 1. The van der Waals surface area contributed by atoms with Crippen molar-refractivity contribution in [1.29, 1.82) is 0 Å². The van der Waals surface area contributed by atoms with Crippen molar-refractivity contribution >= 4 is 12.3 Å².